The molecule has 0 unspecified atom stereocenters. The van der Waals surface area contributed by atoms with E-state index in [0.29, 0.717) is 39.2 Å². The number of aromatic nitrogens is 3. The zero-order valence-electron chi connectivity index (χ0n) is 36.5. The molecule has 3 amide bonds. The molecule has 0 saturated heterocycles. The maximum Gasteiger partial charge on any atom is 0.328 e. The predicted molar refractivity (Wildman–Crippen MR) is 249 cm³/mol. The maximum absolute atomic E-state index is 13.1. The number of amides is 3. The summed E-state index contributed by atoms with van der Waals surface area (Å²) >= 11 is 12.1. The Morgan fingerprint density at radius 2 is 1.19 bits per heavy atom. The Balaban J connectivity index is 0.000000266. The van der Waals surface area contributed by atoms with Crippen molar-refractivity contribution in [3.05, 3.63) is 152 Å². The number of phenols is 2. The van der Waals surface area contributed by atoms with Crippen molar-refractivity contribution in [1.82, 2.24) is 31.4 Å². The molecule has 0 aliphatic heterocycles. The molecule has 0 radical (unpaired) electrons. The van der Waals surface area contributed by atoms with Crippen molar-refractivity contribution in [2.24, 2.45) is 5.84 Å². The molecule has 0 aliphatic carbocycles. The second kappa shape index (κ2) is 25.6. The third-order valence-corrected chi connectivity index (χ3v) is 10.2. The molecule has 6 rings (SSSR count). The number of carboxylic acids is 1. The number of nitrogens with one attached hydrogen (secondary N) is 5. The molecule has 69 heavy (non-hydrogen) atoms. The van der Waals surface area contributed by atoms with Gasteiger partial charge in [0.1, 0.15) is 17.1 Å². The number of hydrazine groups is 2. The number of rotatable bonds is 10. The van der Waals surface area contributed by atoms with Crippen molar-refractivity contribution in [3.8, 4) is 11.5 Å². The lowest BCUT2D eigenvalue weighted by Gasteiger charge is -2.23. The molecule has 0 saturated carbocycles. The Morgan fingerprint density at radius 1 is 0.725 bits per heavy atom. The minimum atomic E-state index is -1.16. The smallest absolute Gasteiger partial charge is 0.328 e. The van der Waals surface area contributed by atoms with Gasteiger partial charge in [-0.25, -0.2) is 29.1 Å². The van der Waals surface area contributed by atoms with E-state index in [1.54, 1.807) is 38.1 Å². The highest BCUT2D eigenvalue weighted by atomic mass is 35.5. The number of nitrogens with two attached hydrogens (primary N) is 1. The second-order valence-corrected chi connectivity index (χ2v) is 14.9. The number of aliphatic hydroxyl groups excluding tert-OH is 2. The van der Waals surface area contributed by atoms with E-state index in [0.717, 1.165) is 35.2 Å². The van der Waals surface area contributed by atoms with Crippen LogP contribution in [0.15, 0.2) is 84.9 Å². The standard InChI is InChI=1S/C19H18ClFN4O4.C12H13ClN2O3.C7H7FN2O2.C6H5N3O/c1-9-13(6-7-14(22-3)16(9)20)23-17(10(2)26)19(29)25-24-18(28)11-4-5-12(21)15(27)8-11;1-6-8(4-5-9(14-3)10(6)13)15-11(7(2)16)12(17)18;8-5-2-1-4(3-6(5)11)7(12)10-9;10-9-6-4-2-1-3-5(6)7-8-9/h4-8,10,17,23,26-27H,1-2H3,(H,24,28)(H,25,29);4-5,7,11,15-16H,1-2H3,(H,17,18);1-3,11H,9H2,(H,10,12);1-4,10H/t10-,17+;7-,11+;;/m00../s1. The van der Waals surface area contributed by atoms with Gasteiger partial charge in [0, 0.05) is 22.5 Å². The SMILES string of the molecule is NNC(=O)c1ccc(F)c(O)c1.On1nnc2ccccc21.[C-]#[N+]c1ccc(N[C@@H](C(=O)NNC(=O)c2ccc(F)c(O)c2)[C@H](C)O)c(C)c1Cl.[C-]#[N+]c1ccc(N[C@@H](C(=O)O)[C@H](C)O)c(C)c1Cl. The van der Waals surface area contributed by atoms with Gasteiger partial charge in [0.2, 0.25) is 11.4 Å². The summed E-state index contributed by atoms with van der Waals surface area (Å²) in [4.78, 5) is 53.5. The van der Waals surface area contributed by atoms with Gasteiger partial charge in [-0.3, -0.25) is 30.7 Å². The number of aromatic hydroxyl groups is 2. The molecule has 0 bridgehead atoms. The Bertz CT molecular complexity index is 2910. The van der Waals surface area contributed by atoms with E-state index in [-0.39, 0.29) is 26.9 Å². The van der Waals surface area contributed by atoms with Crippen LogP contribution < -0.4 is 32.8 Å². The molecule has 1 aromatic heterocycles. The lowest BCUT2D eigenvalue weighted by Crippen LogP contribution is -2.52. The third-order valence-electron chi connectivity index (χ3n) is 9.29. The predicted octanol–water partition coefficient (Wildman–Crippen LogP) is 5.91. The number of aliphatic hydroxyl groups is 2. The summed E-state index contributed by atoms with van der Waals surface area (Å²) in [6.45, 7) is 20.1. The first-order chi connectivity index (χ1) is 32.6. The molecule has 25 heteroatoms. The first-order valence-electron chi connectivity index (χ1n) is 19.6. The minimum absolute atomic E-state index is 0.0804. The van der Waals surface area contributed by atoms with Gasteiger partial charge in [-0.2, -0.15) is 0 Å². The van der Waals surface area contributed by atoms with Gasteiger partial charge < -0.3 is 41.4 Å². The fourth-order valence-electron chi connectivity index (χ4n) is 5.47. The van der Waals surface area contributed by atoms with E-state index < -0.39 is 71.1 Å². The van der Waals surface area contributed by atoms with Crippen molar-refractivity contribution in [1.29, 1.82) is 0 Å². The molecule has 0 spiro atoms. The van der Waals surface area contributed by atoms with E-state index in [1.165, 1.54) is 32.0 Å². The summed E-state index contributed by atoms with van der Waals surface area (Å²) < 4.78 is 25.5. The van der Waals surface area contributed by atoms with Crippen LogP contribution in [-0.2, 0) is 9.59 Å². The number of nitrogen functional groups attached to an aromatic ring is 1. The number of phenolic OH excluding ortho intramolecular Hbond substituents is 2. The highest BCUT2D eigenvalue weighted by molar-refractivity contribution is 6.35. The Hall–Kier alpha value is -8.32. The van der Waals surface area contributed by atoms with Gasteiger partial charge >= 0.3 is 5.97 Å². The molecule has 362 valence electrons. The molecular formula is C44H43Cl2F2N11O10. The number of aliphatic carboxylic acids is 1. The van der Waals surface area contributed by atoms with Crippen LogP contribution in [0.2, 0.25) is 10.0 Å². The van der Waals surface area contributed by atoms with Crippen molar-refractivity contribution in [3.63, 3.8) is 0 Å². The number of benzene rings is 5. The van der Waals surface area contributed by atoms with E-state index in [4.69, 9.17) is 57.6 Å². The van der Waals surface area contributed by atoms with Gasteiger partial charge in [0.15, 0.2) is 29.2 Å². The van der Waals surface area contributed by atoms with Crippen LogP contribution in [0.5, 0.6) is 11.5 Å². The van der Waals surface area contributed by atoms with Gasteiger partial charge in [-0.1, -0.05) is 52.3 Å². The Labute approximate surface area is 401 Å². The molecule has 0 fully saturated rings. The lowest BCUT2D eigenvalue weighted by molar-refractivity contribution is -0.140. The number of para-hydroxylation sites is 1. The van der Waals surface area contributed by atoms with Crippen LogP contribution >= 0.6 is 23.2 Å². The highest BCUT2D eigenvalue weighted by Gasteiger charge is 2.26. The first kappa shape index (κ1) is 55.0. The molecule has 1 heterocycles. The average Bonchev–Trinajstić information content (AvgIpc) is 3.70. The fourth-order valence-corrected chi connectivity index (χ4v) is 5.89. The summed E-state index contributed by atoms with van der Waals surface area (Å²) in [7, 11) is 0. The number of anilines is 2. The average molecular weight is 995 g/mol. The van der Waals surface area contributed by atoms with Crippen molar-refractivity contribution in [2.45, 2.75) is 52.0 Å². The summed E-state index contributed by atoms with van der Waals surface area (Å²) in [6.07, 6.45) is -2.21. The van der Waals surface area contributed by atoms with E-state index in [1.807, 2.05) is 17.6 Å². The Kier molecular flexibility index (Phi) is 20.4. The Morgan fingerprint density at radius 3 is 1.61 bits per heavy atom. The number of carbonyl (C=O) groups excluding carboxylic acids is 3. The second-order valence-electron chi connectivity index (χ2n) is 14.1. The number of hydrogen-bond acceptors (Lipinski definition) is 14. The van der Waals surface area contributed by atoms with Crippen LogP contribution in [0.3, 0.4) is 0 Å². The van der Waals surface area contributed by atoms with Crippen LogP contribution in [-0.4, -0.2) is 93.9 Å². The van der Waals surface area contributed by atoms with Gasteiger partial charge in [0.05, 0.1) is 35.4 Å². The van der Waals surface area contributed by atoms with Crippen molar-refractivity contribution in [2.75, 3.05) is 10.6 Å². The highest BCUT2D eigenvalue weighted by Crippen LogP contribution is 2.34. The molecule has 4 atom stereocenters. The van der Waals surface area contributed by atoms with Crippen LogP contribution in [0.25, 0.3) is 20.7 Å². The first-order valence-corrected chi connectivity index (χ1v) is 20.3. The summed E-state index contributed by atoms with van der Waals surface area (Å²) in [5.41, 5.74) is 10.1. The molecule has 5 aromatic carbocycles. The van der Waals surface area contributed by atoms with Crippen molar-refractivity contribution >= 4 is 80.7 Å². The number of fused-ring (bicyclic) bond motifs is 1. The minimum Gasteiger partial charge on any atom is -0.505 e. The normalized spacial score (nSPS) is 11.9. The van der Waals surface area contributed by atoms with Gasteiger partial charge in [-0.05, 0) is 105 Å². The topological polar surface area (TPSA) is 315 Å². The van der Waals surface area contributed by atoms with Crippen molar-refractivity contribution < 1.29 is 58.7 Å². The summed E-state index contributed by atoms with van der Waals surface area (Å²) in [5, 5.41) is 68.6. The largest absolute Gasteiger partial charge is 0.505 e. The van der Waals surface area contributed by atoms with E-state index in [9.17, 15) is 43.3 Å². The van der Waals surface area contributed by atoms with Gasteiger partial charge in [0.25, 0.3) is 17.7 Å². The molecular weight excluding hydrogens is 951 g/mol. The third kappa shape index (κ3) is 15.1. The number of hydrogen-bond donors (Lipinski definition) is 12. The van der Waals surface area contributed by atoms with Gasteiger partial charge in [-0.15, -0.1) is 5.10 Å². The molecule has 13 N–H and O–H groups in total. The van der Waals surface area contributed by atoms with Crippen LogP contribution in [0.4, 0.5) is 31.5 Å². The lowest BCUT2D eigenvalue weighted by atomic mass is 10.1. The zero-order valence-corrected chi connectivity index (χ0v) is 38.0. The number of halogens is 4. The molecule has 21 nitrogen and oxygen atoms in total. The van der Waals surface area contributed by atoms with E-state index in [2.05, 4.69) is 41.5 Å². The van der Waals surface area contributed by atoms with E-state index >= 15 is 0 Å². The van der Waals surface area contributed by atoms with Crippen LogP contribution in [0, 0.1) is 38.6 Å². The quantitative estimate of drug-likeness (QED) is 0.0249. The molecule has 6 aromatic rings. The summed E-state index contributed by atoms with van der Waals surface area (Å²) in [5.74, 6) is -1.41. The van der Waals surface area contributed by atoms with Crippen LogP contribution in [0.1, 0.15) is 45.7 Å². The number of carbonyl (C=O) groups is 4. The number of carboxylic acid groups (broad SMARTS) is 1. The summed E-state index contributed by atoms with van der Waals surface area (Å²) in [6, 6.07) is 17.2. The zero-order chi connectivity index (χ0) is 51.7. The fraction of sp³-hybridized carbons (Fsp3) is 0.182. The maximum atomic E-state index is 13.1. The number of nitrogens with zero attached hydrogens (tertiary/aromatic N) is 5. The molecule has 0 aliphatic rings. The monoisotopic (exact) mass is 993 g/mol.